The van der Waals surface area contributed by atoms with E-state index < -0.39 is 41.3 Å². The zero-order valence-corrected chi connectivity index (χ0v) is 10.9. The number of phenolic OH excluding ortho intramolecular Hbond substituents is 1. The van der Waals surface area contributed by atoms with Crippen LogP contribution in [0.5, 0.6) is 5.75 Å². The molecule has 0 saturated heterocycles. The van der Waals surface area contributed by atoms with Crippen LogP contribution in [0, 0.1) is 10.1 Å². The van der Waals surface area contributed by atoms with Crippen LogP contribution in [-0.4, -0.2) is 39.8 Å². The molecule has 0 radical (unpaired) electrons. The smallest absolute Gasteiger partial charge is 0.310 e. The molecule has 0 bridgehead atoms. The molecular weight excluding hydrogens is 274 g/mol. The van der Waals surface area contributed by atoms with Gasteiger partial charge in [-0.15, -0.1) is 0 Å². The molecule has 0 aliphatic heterocycles. The third-order valence-electron chi connectivity index (χ3n) is 2.64. The number of nitrogens with zero attached hydrogens (tertiary/aromatic N) is 2. The molecule has 0 atom stereocenters. The number of carbonyl (C=O) groups is 1. The zero-order valence-electron chi connectivity index (χ0n) is 10.9. The number of amides is 1. The van der Waals surface area contributed by atoms with E-state index in [1.54, 1.807) is 13.8 Å². The normalized spacial score (nSPS) is 10.9. The second-order valence-corrected chi connectivity index (χ2v) is 4.40. The number of hydrogen-bond acceptors (Lipinski definition) is 4. The van der Waals surface area contributed by atoms with Crippen molar-refractivity contribution < 1.29 is 23.6 Å². The lowest BCUT2D eigenvalue weighted by Crippen LogP contribution is -2.40. The monoisotopic (exact) mass is 288 g/mol. The number of rotatable bonds is 5. The van der Waals surface area contributed by atoms with Crippen LogP contribution in [0.4, 0.5) is 14.5 Å². The van der Waals surface area contributed by atoms with Gasteiger partial charge in [0.1, 0.15) is 0 Å². The van der Waals surface area contributed by atoms with Crippen molar-refractivity contribution in [1.29, 1.82) is 0 Å². The number of nitro groups is 1. The lowest BCUT2D eigenvalue weighted by atomic mass is 10.1. The molecule has 1 N–H and O–H groups in total. The largest absolute Gasteiger partial charge is 0.502 e. The molecule has 0 fully saturated rings. The van der Waals surface area contributed by atoms with Gasteiger partial charge in [0.05, 0.1) is 11.5 Å². The van der Waals surface area contributed by atoms with Gasteiger partial charge in [-0.3, -0.25) is 14.9 Å². The van der Waals surface area contributed by atoms with E-state index >= 15 is 0 Å². The molecule has 0 spiro atoms. The van der Waals surface area contributed by atoms with E-state index in [0.717, 1.165) is 23.1 Å². The lowest BCUT2D eigenvalue weighted by Gasteiger charge is -2.26. The number of benzene rings is 1. The number of hydrogen-bond donors (Lipinski definition) is 1. The summed E-state index contributed by atoms with van der Waals surface area (Å²) in [4.78, 5) is 22.7. The number of halogens is 2. The predicted octanol–water partition coefficient (Wildman–Crippen LogP) is 2.42. The summed E-state index contributed by atoms with van der Waals surface area (Å²) in [5.74, 6) is -1.40. The summed E-state index contributed by atoms with van der Waals surface area (Å²) in [5.41, 5.74) is -0.631. The number of carbonyl (C=O) groups excluding carboxylic acids is 1. The molecule has 0 aliphatic carbocycles. The van der Waals surface area contributed by atoms with Crippen LogP contribution in [0.2, 0.25) is 0 Å². The minimum atomic E-state index is -2.69. The summed E-state index contributed by atoms with van der Waals surface area (Å²) in [5, 5.41) is 20.0. The fourth-order valence-electron chi connectivity index (χ4n) is 1.65. The third kappa shape index (κ3) is 3.62. The summed E-state index contributed by atoms with van der Waals surface area (Å²) in [6.45, 7) is 2.41. The van der Waals surface area contributed by atoms with Crippen molar-refractivity contribution in [3.05, 3.63) is 33.9 Å². The number of nitro benzene ring substituents is 1. The Labute approximate surface area is 113 Å². The highest BCUT2D eigenvalue weighted by molar-refractivity contribution is 5.95. The SMILES string of the molecule is CC(C)N(CC(F)F)C(=O)c1ccc([N+](=O)[O-])c(O)c1. The second-order valence-electron chi connectivity index (χ2n) is 4.40. The highest BCUT2D eigenvalue weighted by Crippen LogP contribution is 2.27. The summed E-state index contributed by atoms with van der Waals surface area (Å²) in [6.07, 6.45) is -2.69. The second kappa shape index (κ2) is 6.27. The summed E-state index contributed by atoms with van der Waals surface area (Å²) in [7, 11) is 0. The minimum absolute atomic E-state index is 0.0811. The Bertz CT molecular complexity index is 520. The van der Waals surface area contributed by atoms with Gasteiger partial charge >= 0.3 is 5.69 Å². The van der Waals surface area contributed by atoms with Crippen molar-refractivity contribution >= 4 is 11.6 Å². The third-order valence-corrected chi connectivity index (χ3v) is 2.64. The first-order valence-corrected chi connectivity index (χ1v) is 5.80. The molecule has 0 aliphatic rings. The van der Waals surface area contributed by atoms with Gasteiger partial charge in [-0.2, -0.15) is 0 Å². The van der Waals surface area contributed by atoms with Crippen molar-refractivity contribution in [3.8, 4) is 5.75 Å². The zero-order chi connectivity index (χ0) is 15.4. The lowest BCUT2D eigenvalue weighted by molar-refractivity contribution is -0.385. The van der Waals surface area contributed by atoms with Gasteiger partial charge in [0, 0.05) is 17.7 Å². The van der Waals surface area contributed by atoms with Gasteiger partial charge < -0.3 is 10.0 Å². The highest BCUT2D eigenvalue weighted by atomic mass is 19.3. The Morgan fingerprint density at radius 3 is 2.45 bits per heavy atom. The Balaban J connectivity index is 3.06. The highest BCUT2D eigenvalue weighted by Gasteiger charge is 2.24. The molecule has 6 nitrogen and oxygen atoms in total. The Hall–Kier alpha value is -2.25. The van der Waals surface area contributed by atoms with Crippen molar-refractivity contribution in [2.45, 2.75) is 26.3 Å². The van der Waals surface area contributed by atoms with E-state index in [2.05, 4.69) is 0 Å². The van der Waals surface area contributed by atoms with Gasteiger partial charge in [-0.25, -0.2) is 8.78 Å². The standard InChI is InChI=1S/C12H14F2N2O4/c1-7(2)15(6-11(13)14)12(18)8-3-4-9(16(19)20)10(17)5-8/h3-5,7,11,17H,6H2,1-2H3. The maximum absolute atomic E-state index is 12.4. The molecule has 20 heavy (non-hydrogen) atoms. The van der Waals surface area contributed by atoms with E-state index in [1.165, 1.54) is 0 Å². The van der Waals surface area contributed by atoms with Crippen molar-refractivity contribution in [2.24, 2.45) is 0 Å². The summed E-state index contributed by atoms with van der Waals surface area (Å²) in [6, 6.07) is 2.53. The molecule has 1 rings (SSSR count). The molecule has 110 valence electrons. The van der Waals surface area contributed by atoms with E-state index in [1.807, 2.05) is 0 Å². The first kappa shape index (κ1) is 15.8. The average Bonchev–Trinajstić information content (AvgIpc) is 2.34. The molecule has 1 aromatic rings. The molecule has 8 heteroatoms. The topological polar surface area (TPSA) is 83.7 Å². The van der Waals surface area contributed by atoms with Crippen molar-refractivity contribution in [2.75, 3.05) is 6.54 Å². The average molecular weight is 288 g/mol. The summed E-state index contributed by atoms with van der Waals surface area (Å²) >= 11 is 0. The van der Waals surface area contributed by atoms with E-state index in [0.29, 0.717) is 0 Å². The Morgan fingerprint density at radius 1 is 1.45 bits per heavy atom. The van der Waals surface area contributed by atoms with Crippen LogP contribution >= 0.6 is 0 Å². The predicted molar refractivity (Wildman–Crippen MR) is 66.9 cm³/mol. The fourth-order valence-corrected chi connectivity index (χ4v) is 1.65. The first-order chi connectivity index (χ1) is 9.23. The van der Waals surface area contributed by atoms with Gasteiger partial charge in [0.2, 0.25) is 0 Å². The van der Waals surface area contributed by atoms with Crippen LogP contribution in [0.1, 0.15) is 24.2 Å². The van der Waals surface area contributed by atoms with Crippen molar-refractivity contribution in [1.82, 2.24) is 4.90 Å². The minimum Gasteiger partial charge on any atom is -0.502 e. The van der Waals surface area contributed by atoms with Gasteiger partial charge in [0.25, 0.3) is 12.3 Å². The van der Waals surface area contributed by atoms with E-state index in [-0.39, 0.29) is 5.56 Å². The van der Waals surface area contributed by atoms with Gasteiger partial charge in [-0.1, -0.05) is 0 Å². The maximum Gasteiger partial charge on any atom is 0.310 e. The summed E-state index contributed by atoms with van der Waals surface area (Å²) < 4.78 is 24.9. The molecule has 1 aromatic carbocycles. The van der Waals surface area contributed by atoms with Gasteiger partial charge in [-0.05, 0) is 26.0 Å². The van der Waals surface area contributed by atoms with Crippen LogP contribution in [0.3, 0.4) is 0 Å². The van der Waals surface area contributed by atoms with Crippen LogP contribution in [0.25, 0.3) is 0 Å². The van der Waals surface area contributed by atoms with E-state index in [4.69, 9.17) is 0 Å². The Kier molecular flexibility index (Phi) is 4.95. The fraction of sp³-hybridized carbons (Fsp3) is 0.417. The molecule has 0 aromatic heterocycles. The van der Waals surface area contributed by atoms with Crippen molar-refractivity contribution in [3.63, 3.8) is 0 Å². The van der Waals surface area contributed by atoms with Crippen LogP contribution in [-0.2, 0) is 0 Å². The molecule has 0 saturated carbocycles. The van der Waals surface area contributed by atoms with Crippen LogP contribution < -0.4 is 0 Å². The number of phenols is 1. The quantitative estimate of drug-likeness (QED) is 0.666. The maximum atomic E-state index is 12.4. The molecule has 0 heterocycles. The first-order valence-electron chi connectivity index (χ1n) is 5.80. The van der Waals surface area contributed by atoms with Crippen LogP contribution in [0.15, 0.2) is 18.2 Å². The number of aromatic hydroxyl groups is 1. The molecule has 0 unspecified atom stereocenters. The number of alkyl halides is 2. The van der Waals surface area contributed by atoms with Gasteiger partial charge in [0.15, 0.2) is 5.75 Å². The van der Waals surface area contributed by atoms with E-state index in [9.17, 15) is 28.8 Å². The molecule has 1 amide bonds. The Morgan fingerprint density at radius 2 is 2.05 bits per heavy atom. The molecular formula is C12H14F2N2O4.